The SMILES string of the molecule is COc1ccc(Cl)c(F)c1-c1cnccc1C(=O)Nc1nnc(C(C)(F)F)s1. The predicted molar refractivity (Wildman–Crippen MR) is 98.6 cm³/mol. The fraction of sp³-hybridized carbons (Fsp3) is 0.176. The molecule has 0 aliphatic rings. The van der Waals surface area contributed by atoms with Gasteiger partial charge in [0.1, 0.15) is 5.75 Å². The number of amides is 1. The summed E-state index contributed by atoms with van der Waals surface area (Å²) in [4.78, 5) is 16.6. The zero-order valence-electron chi connectivity index (χ0n) is 14.5. The lowest BCUT2D eigenvalue weighted by atomic mass is 10.00. The first-order valence-electron chi connectivity index (χ1n) is 7.72. The smallest absolute Gasteiger partial charge is 0.298 e. The second kappa shape index (κ2) is 7.72. The van der Waals surface area contributed by atoms with E-state index in [1.165, 1.54) is 37.7 Å². The van der Waals surface area contributed by atoms with E-state index < -0.39 is 22.7 Å². The van der Waals surface area contributed by atoms with E-state index in [4.69, 9.17) is 16.3 Å². The van der Waals surface area contributed by atoms with Crippen LogP contribution in [0.5, 0.6) is 5.75 Å². The minimum atomic E-state index is -3.18. The number of benzene rings is 1. The van der Waals surface area contributed by atoms with Crippen LogP contribution in [0.15, 0.2) is 30.6 Å². The van der Waals surface area contributed by atoms with Crippen molar-refractivity contribution in [1.29, 1.82) is 0 Å². The van der Waals surface area contributed by atoms with E-state index in [1.54, 1.807) is 0 Å². The van der Waals surface area contributed by atoms with Gasteiger partial charge >= 0.3 is 0 Å². The van der Waals surface area contributed by atoms with Gasteiger partial charge in [0, 0.05) is 24.9 Å². The van der Waals surface area contributed by atoms with Crippen LogP contribution in [0, 0.1) is 5.82 Å². The molecule has 0 unspecified atom stereocenters. The Labute approximate surface area is 166 Å². The number of nitrogens with one attached hydrogen (secondary N) is 1. The second-order valence-electron chi connectivity index (χ2n) is 5.61. The minimum absolute atomic E-state index is 0.0227. The van der Waals surface area contributed by atoms with E-state index in [0.29, 0.717) is 18.3 Å². The average molecular weight is 429 g/mol. The number of methoxy groups -OCH3 is 1. The van der Waals surface area contributed by atoms with Gasteiger partial charge in [-0.15, -0.1) is 10.2 Å². The lowest BCUT2D eigenvalue weighted by Gasteiger charge is -2.13. The van der Waals surface area contributed by atoms with Gasteiger partial charge in [-0.25, -0.2) is 4.39 Å². The lowest BCUT2D eigenvalue weighted by Crippen LogP contribution is -2.13. The topological polar surface area (TPSA) is 77.0 Å². The Kier molecular flexibility index (Phi) is 5.52. The minimum Gasteiger partial charge on any atom is -0.496 e. The first-order valence-corrected chi connectivity index (χ1v) is 8.91. The summed E-state index contributed by atoms with van der Waals surface area (Å²) in [5.41, 5.74) is 0.0863. The largest absolute Gasteiger partial charge is 0.496 e. The number of carbonyl (C=O) groups is 1. The molecule has 0 saturated carbocycles. The summed E-state index contributed by atoms with van der Waals surface area (Å²) in [6.07, 6.45) is 2.61. The van der Waals surface area contributed by atoms with Crippen molar-refractivity contribution >= 4 is 34.0 Å². The van der Waals surface area contributed by atoms with Gasteiger partial charge in [-0.3, -0.25) is 15.1 Å². The number of alkyl halides is 2. The number of pyridine rings is 1. The third kappa shape index (κ3) is 3.92. The van der Waals surface area contributed by atoms with Crippen LogP contribution < -0.4 is 10.1 Å². The lowest BCUT2D eigenvalue weighted by molar-refractivity contribution is 0.0165. The molecule has 11 heteroatoms. The molecule has 2 aromatic heterocycles. The van der Waals surface area contributed by atoms with E-state index in [-0.39, 0.29) is 32.6 Å². The second-order valence-corrected chi connectivity index (χ2v) is 7.00. The molecule has 146 valence electrons. The average Bonchev–Trinajstić information content (AvgIpc) is 3.13. The van der Waals surface area contributed by atoms with E-state index in [1.807, 2.05) is 0 Å². The fourth-order valence-electron chi connectivity index (χ4n) is 2.36. The number of rotatable bonds is 5. The normalized spacial score (nSPS) is 11.4. The van der Waals surface area contributed by atoms with Gasteiger partial charge in [0.2, 0.25) is 5.13 Å². The number of carbonyl (C=O) groups excluding carboxylic acids is 1. The van der Waals surface area contributed by atoms with Crippen LogP contribution >= 0.6 is 22.9 Å². The van der Waals surface area contributed by atoms with Crippen molar-refractivity contribution in [3.8, 4) is 16.9 Å². The van der Waals surface area contributed by atoms with Crippen molar-refractivity contribution in [1.82, 2.24) is 15.2 Å². The van der Waals surface area contributed by atoms with E-state index in [2.05, 4.69) is 20.5 Å². The van der Waals surface area contributed by atoms with E-state index in [0.717, 1.165) is 0 Å². The summed E-state index contributed by atoms with van der Waals surface area (Å²) in [6, 6.07) is 4.12. The zero-order valence-corrected chi connectivity index (χ0v) is 16.0. The molecule has 2 heterocycles. The summed E-state index contributed by atoms with van der Waals surface area (Å²) in [5.74, 6) is -4.53. The van der Waals surface area contributed by atoms with Crippen molar-refractivity contribution in [2.24, 2.45) is 0 Å². The van der Waals surface area contributed by atoms with Gasteiger partial charge in [-0.05, 0) is 18.2 Å². The van der Waals surface area contributed by atoms with Gasteiger partial charge < -0.3 is 4.74 Å². The molecule has 0 bridgehead atoms. The highest BCUT2D eigenvalue weighted by Gasteiger charge is 2.30. The number of hydrogen-bond donors (Lipinski definition) is 1. The molecule has 1 amide bonds. The third-order valence-electron chi connectivity index (χ3n) is 3.63. The molecular weight excluding hydrogens is 417 g/mol. The Hall–Kier alpha value is -2.72. The van der Waals surface area contributed by atoms with E-state index >= 15 is 0 Å². The van der Waals surface area contributed by atoms with Crippen LogP contribution in [0.1, 0.15) is 22.3 Å². The monoisotopic (exact) mass is 428 g/mol. The van der Waals surface area contributed by atoms with Crippen molar-refractivity contribution in [2.45, 2.75) is 12.8 Å². The molecule has 0 fully saturated rings. The van der Waals surface area contributed by atoms with Crippen LogP contribution in [-0.2, 0) is 5.92 Å². The summed E-state index contributed by atoms with van der Waals surface area (Å²) >= 11 is 6.40. The molecule has 1 N–H and O–H groups in total. The van der Waals surface area contributed by atoms with Gasteiger partial charge in [0.25, 0.3) is 11.8 Å². The summed E-state index contributed by atoms with van der Waals surface area (Å²) in [6.45, 7) is 0.675. The maximum Gasteiger partial charge on any atom is 0.298 e. The molecule has 3 rings (SSSR count). The standard InChI is InChI=1S/C17H12ClF3N4O2S/c1-17(20,21)15-24-25-16(28-15)23-14(26)8-5-6-22-7-9(8)12-11(27-2)4-3-10(18)13(12)19/h3-7H,1-2H3,(H,23,25,26). The summed E-state index contributed by atoms with van der Waals surface area (Å²) < 4.78 is 46.4. The maximum absolute atomic E-state index is 14.7. The number of hydrogen-bond acceptors (Lipinski definition) is 6. The predicted octanol–water partition coefficient (Wildman–Crippen LogP) is 4.77. The van der Waals surface area contributed by atoms with E-state index in [9.17, 15) is 18.0 Å². The first kappa shape index (κ1) is 20.0. The molecule has 0 radical (unpaired) electrons. The van der Waals surface area contributed by atoms with Crippen LogP contribution in [0.4, 0.5) is 18.3 Å². The van der Waals surface area contributed by atoms with Gasteiger partial charge in [-0.2, -0.15) is 8.78 Å². The highest BCUT2D eigenvalue weighted by molar-refractivity contribution is 7.15. The number of halogens is 4. The quantitative estimate of drug-likeness (QED) is 0.633. The number of aromatic nitrogens is 3. The summed E-state index contributed by atoms with van der Waals surface area (Å²) in [5, 5.41) is 8.45. The van der Waals surface area contributed by atoms with Crippen LogP contribution in [0.3, 0.4) is 0 Å². The van der Waals surface area contributed by atoms with Crippen LogP contribution in [0.25, 0.3) is 11.1 Å². The molecule has 0 aliphatic heterocycles. The molecule has 3 aromatic rings. The molecule has 6 nitrogen and oxygen atoms in total. The number of nitrogens with zero attached hydrogens (tertiary/aromatic N) is 3. The molecular formula is C17H12ClF3N4O2S. The Balaban J connectivity index is 2.01. The van der Waals surface area contributed by atoms with Crippen molar-refractivity contribution < 1.29 is 22.7 Å². The molecule has 1 aromatic carbocycles. The number of anilines is 1. The van der Waals surface area contributed by atoms with Crippen molar-refractivity contribution in [3.63, 3.8) is 0 Å². The molecule has 0 atom stereocenters. The maximum atomic E-state index is 14.7. The third-order valence-corrected chi connectivity index (χ3v) is 4.93. The Bertz CT molecular complexity index is 1040. The number of ether oxygens (including phenoxy) is 1. The molecule has 0 spiro atoms. The first-order chi connectivity index (χ1) is 13.2. The highest BCUT2D eigenvalue weighted by Crippen LogP contribution is 2.38. The van der Waals surface area contributed by atoms with Crippen LogP contribution in [-0.4, -0.2) is 28.2 Å². The van der Waals surface area contributed by atoms with Crippen molar-refractivity contribution in [2.75, 3.05) is 12.4 Å². The molecule has 0 aliphatic carbocycles. The van der Waals surface area contributed by atoms with Gasteiger partial charge in [0.05, 0.1) is 23.3 Å². The molecule has 28 heavy (non-hydrogen) atoms. The van der Waals surface area contributed by atoms with Crippen LogP contribution in [0.2, 0.25) is 5.02 Å². The van der Waals surface area contributed by atoms with Gasteiger partial charge in [-0.1, -0.05) is 22.9 Å². The Morgan fingerprint density at radius 2 is 2.04 bits per heavy atom. The Morgan fingerprint density at radius 1 is 1.29 bits per heavy atom. The zero-order chi connectivity index (χ0) is 20.5. The summed E-state index contributed by atoms with van der Waals surface area (Å²) in [7, 11) is 1.34. The molecule has 0 saturated heterocycles. The highest BCUT2D eigenvalue weighted by atomic mass is 35.5. The van der Waals surface area contributed by atoms with Crippen molar-refractivity contribution in [3.05, 3.63) is 52.0 Å². The Morgan fingerprint density at radius 3 is 2.68 bits per heavy atom. The van der Waals surface area contributed by atoms with Gasteiger partial charge in [0.15, 0.2) is 10.8 Å². The fourth-order valence-corrected chi connectivity index (χ4v) is 3.19.